The summed E-state index contributed by atoms with van der Waals surface area (Å²) >= 11 is 0. The molecule has 0 aromatic carbocycles. The fraction of sp³-hybridized carbons (Fsp3) is 0.611. The number of fused-ring (bicyclic) bond motifs is 1. The van der Waals surface area contributed by atoms with E-state index >= 15 is 0 Å². The zero-order valence-electron chi connectivity index (χ0n) is 15.2. The van der Waals surface area contributed by atoms with Crippen LogP contribution < -0.4 is 15.5 Å². The Morgan fingerprint density at radius 1 is 1.46 bits per heavy atom. The van der Waals surface area contributed by atoms with Crippen LogP contribution in [0.25, 0.3) is 0 Å². The Hall–Kier alpha value is -2.19. The molecule has 0 radical (unpaired) electrons. The van der Waals surface area contributed by atoms with Gasteiger partial charge in [-0.05, 0) is 31.9 Å². The highest BCUT2D eigenvalue weighted by Gasteiger charge is 2.23. The number of rotatable bonds is 6. The summed E-state index contributed by atoms with van der Waals surface area (Å²) in [5.41, 5.74) is 1.06. The van der Waals surface area contributed by atoms with E-state index in [1.165, 1.54) is 23.9 Å². The SMILES string of the molecule is CN1C(=O)CNc2ncc(C(=O)NCCCN3CCCCC3CO)cc21. The van der Waals surface area contributed by atoms with Crippen molar-refractivity contribution in [3.63, 3.8) is 0 Å². The highest BCUT2D eigenvalue weighted by Crippen LogP contribution is 2.26. The highest BCUT2D eigenvalue weighted by atomic mass is 16.3. The number of aliphatic hydroxyl groups is 1. The molecule has 2 amide bonds. The number of hydrogen-bond acceptors (Lipinski definition) is 6. The number of aliphatic hydroxyl groups excluding tert-OH is 1. The first-order chi connectivity index (χ1) is 12.6. The van der Waals surface area contributed by atoms with Gasteiger partial charge < -0.3 is 20.6 Å². The topological polar surface area (TPSA) is 97.8 Å². The standard InChI is InChI=1S/C18H27N5O3/c1-22-15-9-13(10-20-17(15)21-11-16(22)25)18(26)19-6-4-8-23-7-3-2-5-14(23)12-24/h9-10,14,24H,2-8,11-12H2,1H3,(H,19,26)(H,20,21). The largest absolute Gasteiger partial charge is 0.395 e. The first kappa shape index (κ1) is 18.6. The minimum Gasteiger partial charge on any atom is -0.395 e. The molecule has 0 bridgehead atoms. The molecule has 0 saturated carbocycles. The van der Waals surface area contributed by atoms with Crippen molar-refractivity contribution < 1.29 is 14.7 Å². The predicted molar refractivity (Wildman–Crippen MR) is 99.4 cm³/mol. The van der Waals surface area contributed by atoms with E-state index in [4.69, 9.17) is 0 Å². The van der Waals surface area contributed by atoms with Gasteiger partial charge in [0.2, 0.25) is 5.91 Å². The summed E-state index contributed by atoms with van der Waals surface area (Å²) in [5, 5.41) is 15.3. The quantitative estimate of drug-likeness (QED) is 0.636. The lowest BCUT2D eigenvalue weighted by Crippen LogP contribution is -2.43. The Morgan fingerprint density at radius 2 is 2.31 bits per heavy atom. The second kappa shape index (κ2) is 8.46. The minimum absolute atomic E-state index is 0.0585. The van der Waals surface area contributed by atoms with Crippen LogP contribution >= 0.6 is 0 Å². The van der Waals surface area contributed by atoms with Gasteiger partial charge in [-0.25, -0.2) is 4.98 Å². The van der Waals surface area contributed by atoms with Gasteiger partial charge in [0.15, 0.2) is 0 Å². The van der Waals surface area contributed by atoms with E-state index in [0.29, 0.717) is 23.6 Å². The van der Waals surface area contributed by atoms with Crippen molar-refractivity contribution in [3.8, 4) is 0 Å². The summed E-state index contributed by atoms with van der Waals surface area (Å²) in [6, 6.07) is 1.94. The zero-order valence-corrected chi connectivity index (χ0v) is 15.2. The Morgan fingerprint density at radius 3 is 3.12 bits per heavy atom. The molecule has 1 fully saturated rings. The van der Waals surface area contributed by atoms with Crippen LogP contribution in [0, 0.1) is 0 Å². The average Bonchev–Trinajstić information content (AvgIpc) is 2.68. The molecule has 1 unspecified atom stereocenters. The van der Waals surface area contributed by atoms with Crippen molar-refractivity contribution in [2.45, 2.75) is 31.7 Å². The molecular weight excluding hydrogens is 334 g/mol. The molecule has 8 nitrogen and oxygen atoms in total. The fourth-order valence-electron chi connectivity index (χ4n) is 3.53. The third-order valence-electron chi connectivity index (χ3n) is 5.14. The number of pyridine rings is 1. The molecule has 2 aliphatic heterocycles. The molecule has 8 heteroatoms. The van der Waals surface area contributed by atoms with Crippen LogP contribution in [0.3, 0.4) is 0 Å². The van der Waals surface area contributed by atoms with E-state index in [2.05, 4.69) is 20.5 Å². The maximum Gasteiger partial charge on any atom is 0.252 e. The van der Waals surface area contributed by atoms with E-state index in [1.54, 1.807) is 13.1 Å². The second-order valence-electron chi connectivity index (χ2n) is 6.88. The number of anilines is 2. The van der Waals surface area contributed by atoms with Gasteiger partial charge in [0.05, 0.1) is 24.4 Å². The number of nitrogens with zero attached hydrogens (tertiary/aromatic N) is 3. The molecule has 3 rings (SSSR count). The van der Waals surface area contributed by atoms with Gasteiger partial charge >= 0.3 is 0 Å². The van der Waals surface area contributed by atoms with Crippen LogP contribution in [-0.4, -0.2) is 72.7 Å². The maximum absolute atomic E-state index is 12.4. The first-order valence-electron chi connectivity index (χ1n) is 9.23. The number of likely N-dealkylation sites (tertiary alicyclic amines) is 1. The Labute approximate surface area is 153 Å². The third kappa shape index (κ3) is 4.13. The van der Waals surface area contributed by atoms with Crippen molar-refractivity contribution in [1.82, 2.24) is 15.2 Å². The van der Waals surface area contributed by atoms with Crippen LogP contribution in [-0.2, 0) is 4.79 Å². The van der Waals surface area contributed by atoms with Crippen molar-refractivity contribution in [3.05, 3.63) is 17.8 Å². The monoisotopic (exact) mass is 361 g/mol. The zero-order chi connectivity index (χ0) is 18.5. The van der Waals surface area contributed by atoms with Crippen LogP contribution in [0.5, 0.6) is 0 Å². The number of nitrogens with one attached hydrogen (secondary N) is 2. The summed E-state index contributed by atoms with van der Waals surface area (Å²) in [6.07, 6.45) is 5.75. The van der Waals surface area contributed by atoms with Crippen LogP contribution in [0.1, 0.15) is 36.0 Å². The normalized spacial score (nSPS) is 20.5. The van der Waals surface area contributed by atoms with E-state index < -0.39 is 0 Å². The van der Waals surface area contributed by atoms with Crippen LogP contribution in [0.15, 0.2) is 12.3 Å². The highest BCUT2D eigenvalue weighted by molar-refractivity contribution is 6.03. The Bertz CT molecular complexity index is 666. The summed E-state index contributed by atoms with van der Waals surface area (Å²) in [7, 11) is 1.68. The van der Waals surface area contributed by atoms with Crippen LogP contribution in [0.2, 0.25) is 0 Å². The number of piperidine rings is 1. The number of likely N-dealkylation sites (N-methyl/N-ethyl adjacent to an activating group) is 1. The van der Waals surface area contributed by atoms with Gasteiger partial charge in [-0.15, -0.1) is 0 Å². The lowest BCUT2D eigenvalue weighted by atomic mass is 10.0. The lowest BCUT2D eigenvalue weighted by molar-refractivity contribution is -0.116. The molecule has 26 heavy (non-hydrogen) atoms. The lowest BCUT2D eigenvalue weighted by Gasteiger charge is -2.34. The van der Waals surface area contributed by atoms with E-state index in [9.17, 15) is 14.7 Å². The Kier molecular flexibility index (Phi) is 6.05. The van der Waals surface area contributed by atoms with E-state index in [1.807, 2.05) is 0 Å². The van der Waals surface area contributed by atoms with Gasteiger partial charge in [-0.1, -0.05) is 6.42 Å². The van der Waals surface area contributed by atoms with Crippen molar-refractivity contribution in [1.29, 1.82) is 0 Å². The van der Waals surface area contributed by atoms with E-state index in [0.717, 1.165) is 25.9 Å². The molecule has 142 valence electrons. The molecule has 1 aromatic heterocycles. The molecule has 0 spiro atoms. The molecule has 1 aromatic rings. The number of aromatic nitrogens is 1. The minimum atomic E-state index is -0.191. The summed E-state index contributed by atoms with van der Waals surface area (Å²) < 4.78 is 0. The summed E-state index contributed by atoms with van der Waals surface area (Å²) in [4.78, 5) is 32.2. The van der Waals surface area contributed by atoms with Gasteiger partial charge in [-0.2, -0.15) is 0 Å². The second-order valence-corrected chi connectivity index (χ2v) is 6.88. The number of carbonyl (C=O) groups excluding carboxylic acids is 2. The molecular formula is C18H27N5O3. The van der Waals surface area contributed by atoms with Crippen molar-refractivity contribution in [2.75, 3.05) is 50.1 Å². The van der Waals surface area contributed by atoms with Gasteiger partial charge in [-0.3, -0.25) is 14.5 Å². The van der Waals surface area contributed by atoms with Gasteiger partial charge in [0.1, 0.15) is 5.82 Å². The smallest absolute Gasteiger partial charge is 0.252 e. The molecule has 3 heterocycles. The Balaban J connectivity index is 1.50. The number of carbonyl (C=O) groups is 2. The number of hydrogen-bond donors (Lipinski definition) is 3. The van der Waals surface area contributed by atoms with Crippen molar-refractivity contribution in [2.24, 2.45) is 0 Å². The molecule has 1 saturated heterocycles. The first-order valence-corrected chi connectivity index (χ1v) is 9.23. The van der Waals surface area contributed by atoms with Crippen molar-refractivity contribution >= 4 is 23.3 Å². The summed E-state index contributed by atoms with van der Waals surface area (Å²) in [6.45, 7) is 2.87. The maximum atomic E-state index is 12.4. The summed E-state index contributed by atoms with van der Waals surface area (Å²) in [5.74, 6) is 0.365. The number of amides is 2. The molecule has 0 aliphatic carbocycles. The molecule has 1 atom stereocenters. The van der Waals surface area contributed by atoms with Gasteiger partial charge in [0.25, 0.3) is 5.91 Å². The van der Waals surface area contributed by atoms with E-state index in [-0.39, 0.29) is 31.0 Å². The van der Waals surface area contributed by atoms with Crippen LogP contribution in [0.4, 0.5) is 11.5 Å². The van der Waals surface area contributed by atoms with Gasteiger partial charge in [0, 0.05) is 32.4 Å². The predicted octanol–water partition coefficient (Wildman–Crippen LogP) is 0.437. The third-order valence-corrected chi connectivity index (χ3v) is 5.14. The molecule has 2 aliphatic rings. The average molecular weight is 361 g/mol. The fourth-order valence-corrected chi connectivity index (χ4v) is 3.53. The molecule has 3 N–H and O–H groups in total.